The van der Waals surface area contributed by atoms with E-state index in [9.17, 15) is 4.79 Å². The van der Waals surface area contributed by atoms with E-state index in [1.165, 1.54) is 0 Å². The molecule has 1 N–H and O–H groups in total. The predicted molar refractivity (Wildman–Crippen MR) is 67.8 cm³/mol. The maximum Gasteiger partial charge on any atom is 0.159 e. The molecule has 17 heavy (non-hydrogen) atoms. The summed E-state index contributed by atoms with van der Waals surface area (Å²) in [5, 5.41) is 8.57. The lowest BCUT2D eigenvalue weighted by Crippen LogP contribution is -1.91. The molecule has 0 unspecified atom stereocenters. The van der Waals surface area contributed by atoms with Crippen molar-refractivity contribution in [3.63, 3.8) is 0 Å². The van der Waals surface area contributed by atoms with Gasteiger partial charge < -0.3 is 9.84 Å². The van der Waals surface area contributed by atoms with Crippen LogP contribution in [0.3, 0.4) is 0 Å². The molecule has 1 aromatic rings. The molecule has 1 aromatic carbocycles. The van der Waals surface area contributed by atoms with E-state index >= 15 is 0 Å². The molecule has 3 nitrogen and oxygen atoms in total. The molecule has 92 valence electrons. The first-order valence-corrected chi connectivity index (χ1v) is 5.74. The van der Waals surface area contributed by atoms with E-state index in [0.29, 0.717) is 12.2 Å². The van der Waals surface area contributed by atoms with Crippen LogP contribution in [0.1, 0.15) is 35.7 Å². The minimum absolute atomic E-state index is 0.0702. The van der Waals surface area contributed by atoms with E-state index in [2.05, 4.69) is 0 Å². The van der Waals surface area contributed by atoms with E-state index in [1.54, 1.807) is 25.3 Å². The molecular weight excluding hydrogens is 216 g/mol. The Morgan fingerprint density at radius 2 is 2.00 bits per heavy atom. The lowest BCUT2D eigenvalue weighted by Gasteiger charge is -1.99. The molecule has 0 fully saturated rings. The summed E-state index contributed by atoms with van der Waals surface area (Å²) in [4.78, 5) is 11.1. The van der Waals surface area contributed by atoms with Crippen molar-refractivity contribution in [3.05, 3.63) is 41.7 Å². The van der Waals surface area contributed by atoms with Crippen LogP contribution in [0.5, 0.6) is 0 Å². The van der Waals surface area contributed by atoms with E-state index in [0.717, 1.165) is 18.4 Å². The van der Waals surface area contributed by atoms with Crippen LogP contribution in [0.2, 0.25) is 0 Å². The van der Waals surface area contributed by atoms with Crippen molar-refractivity contribution in [2.24, 2.45) is 0 Å². The zero-order valence-corrected chi connectivity index (χ0v) is 10.1. The Hall–Kier alpha value is -1.61. The van der Waals surface area contributed by atoms with E-state index in [-0.39, 0.29) is 12.4 Å². The summed E-state index contributed by atoms with van der Waals surface area (Å²) in [6.45, 7) is 2.37. The molecule has 0 aliphatic heterocycles. The number of carbonyl (C=O) groups is 1. The Kier molecular flexibility index (Phi) is 6.04. The number of ketones is 1. The Labute approximate surface area is 102 Å². The van der Waals surface area contributed by atoms with Gasteiger partial charge in [-0.25, -0.2) is 0 Å². The lowest BCUT2D eigenvalue weighted by molar-refractivity contribution is 0.101. The smallest absolute Gasteiger partial charge is 0.159 e. The van der Waals surface area contributed by atoms with Gasteiger partial charge in [0.05, 0.1) is 12.9 Å². The summed E-state index contributed by atoms with van der Waals surface area (Å²) in [5.41, 5.74) is 1.71. The van der Waals surface area contributed by atoms with Gasteiger partial charge in [0.15, 0.2) is 5.78 Å². The van der Waals surface area contributed by atoms with Gasteiger partial charge in [-0.05, 0) is 31.4 Å². The Morgan fingerprint density at radius 3 is 2.59 bits per heavy atom. The van der Waals surface area contributed by atoms with Crippen LogP contribution in [0.15, 0.2) is 30.5 Å². The molecule has 0 bridgehead atoms. The number of hydrogen-bond acceptors (Lipinski definition) is 3. The maximum atomic E-state index is 11.1. The van der Waals surface area contributed by atoms with Crippen LogP contribution < -0.4 is 0 Å². The monoisotopic (exact) mass is 234 g/mol. The van der Waals surface area contributed by atoms with Crippen molar-refractivity contribution in [2.45, 2.75) is 19.8 Å². The number of unbranched alkanes of at least 4 members (excludes halogenated alkanes) is 1. The second kappa shape index (κ2) is 7.63. The first kappa shape index (κ1) is 13.5. The van der Waals surface area contributed by atoms with Gasteiger partial charge in [0.1, 0.15) is 0 Å². The normalized spacial score (nSPS) is 10.7. The van der Waals surface area contributed by atoms with Crippen molar-refractivity contribution in [3.8, 4) is 0 Å². The molecule has 0 aromatic heterocycles. The summed E-state index contributed by atoms with van der Waals surface area (Å²) in [6.07, 6.45) is 5.11. The fraction of sp³-hybridized carbons (Fsp3) is 0.357. The van der Waals surface area contributed by atoms with Crippen LogP contribution in [0, 0.1) is 0 Å². The lowest BCUT2D eigenvalue weighted by atomic mass is 10.1. The van der Waals surface area contributed by atoms with E-state index in [4.69, 9.17) is 9.84 Å². The molecular formula is C14H18O3. The summed E-state index contributed by atoms with van der Waals surface area (Å²) < 4.78 is 5.26. The quantitative estimate of drug-likeness (QED) is 0.448. The molecule has 0 aliphatic rings. The highest BCUT2D eigenvalue weighted by atomic mass is 16.5. The summed E-state index contributed by atoms with van der Waals surface area (Å²) >= 11 is 0. The molecule has 0 radical (unpaired) electrons. The fourth-order valence-corrected chi connectivity index (χ4v) is 1.32. The van der Waals surface area contributed by atoms with Crippen molar-refractivity contribution < 1.29 is 14.6 Å². The van der Waals surface area contributed by atoms with Crippen molar-refractivity contribution in [1.82, 2.24) is 0 Å². The number of aliphatic hydroxyl groups is 1. The third-order valence-corrected chi connectivity index (χ3v) is 2.34. The number of aliphatic hydroxyl groups excluding tert-OH is 1. The zero-order chi connectivity index (χ0) is 12.5. The minimum Gasteiger partial charge on any atom is -0.501 e. The van der Waals surface area contributed by atoms with Crippen LogP contribution in [0.4, 0.5) is 0 Å². The summed E-state index contributed by atoms with van der Waals surface area (Å²) in [6, 6.07) is 7.36. The molecule has 1 rings (SSSR count). The average molecular weight is 234 g/mol. The predicted octanol–water partition coefficient (Wildman–Crippen LogP) is 2.65. The molecule has 0 spiro atoms. The zero-order valence-electron chi connectivity index (χ0n) is 10.1. The second-order valence-electron chi connectivity index (χ2n) is 3.78. The molecule has 0 heterocycles. The molecule has 0 saturated carbocycles. The third kappa shape index (κ3) is 5.31. The standard InChI is InChI=1S/C14H18O3/c1-12(16)14-6-4-13(5-7-14)8-11-17-10-3-2-9-15/h4-8,11,15H,2-3,9-10H2,1H3/b11-8+. The molecule has 3 heteroatoms. The van der Waals surface area contributed by atoms with E-state index < -0.39 is 0 Å². The van der Waals surface area contributed by atoms with Gasteiger partial charge in [-0.15, -0.1) is 0 Å². The van der Waals surface area contributed by atoms with Gasteiger partial charge >= 0.3 is 0 Å². The van der Waals surface area contributed by atoms with Crippen LogP contribution in [-0.2, 0) is 4.74 Å². The SMILES string of the molecule is CC(=O)c1ccc(/C=C/OCCCCO)cc1. The minimum atomic E-state index is 0.0702. The van der Waals surface area contributed by atoms with Crippen molar-refractivity contribution >= 4 is 11.9 Å². The number of rotatable bonds is 7. The summed E-state index contributed by atoms with van der Waals surface area (Å²) in [7, 11) is 0. The van der Waals surface area contributed by atoms with Gasteiger partial charge in [-0.1, -0.05) is 24.3 Å². The van der Waals surface area contributed by atoms with Crippen LogP contribution in [-0.4, -0.2) is 24.1 Å². The highest BCUT2D eigenvalue weighted by Gasteiger charge is 1.96. The van der Waals surface area contributed by atoms with Crippen LogP contribution >= 0.6 is 0 Å². The fourth-order valence-electron chi connectivity index (χ4n) is 1.32. The Morgan fingerprint density at radius 1 is 1.29 bits per heavy atom. The van der Waals surface area contributed by atoms with Gasteiger partial charge in [-0.2, -0.15) is 0 Å². The highest BCUT2D eigenvalue weighted by molar-refractivity contribution is 5.94. The van der Waals surface area contributed by atoms with Crippen molar-refractivity contribution in [2.75, 3.05) is 13.2 Å². The molecule has 0 atom stereocenters. The van der Waals surface area contributed by atoms with E-state index in [1.807, 2.05) is 18.2 Å². The van der Waals surface area contributed by atoms with Crippen LogP contribution in [0.25, 0.3) is 6.08 Å². The topological polar surface area (TPSA) is 46.5 Å². The number of ether oxygens (including phenoxy) is 1. The maximum absolute atomic E-state index is 11.1. The van der Waals surface area contributed by atoms with Crippen molar-refractivity contribution in [1.29, 1.82) is 0 Å². The van der Waals surface area contributed by atoms with Gasteiger partial charge in [0.25, 0.3) is 0 Å². The molecule has 0 saturated heterocycles. The Balaban J connectivity index is 2.36. The number of hydrogen-bond donors (Lipinski definition) is 1. The third-order valence-electron chi connectivity index (χ3n) is 2.34. The average Bonchev–Trinajstić information content (AvgIpc) is 2.34. The van der Waals surface area contributed by atoms with Gasteiger partial charge in [0, 0.05) is 12.2 Å². The first-order valence-electron chi connectivity index (χ1n) is 5.74. The Bertz CT molecular complexity index is 366. The summed E-state index contributed by atoms with van der Waals surface area (Å²) in [5.74, 6) is 0.0702. The number of benzene rings is 1. The largest absolute Gasteiger partial charge is 0.501 e. The highest BCUT2D eigenvalue weighted by Crippen LogP contribution is 2.07. The first-order chi connectivity index (χ1) is 8.24. The van der Waals surface area contributed by atoms with Gasteiger partial charge in [0.2, 0.25) is 0 Å². The number of carbonyl (C=O) groups excluding carboxylic acids is 1. The number of Topliss-reactive ketones (excluding diaryl/α,β-unsaturated/α-hetero) is 1. The van der Waals surface area contributed by atoms with Gasteiger partial charge in [-0.3, -0.25) is 4.79 Å². The molecule has 0 amide bonds. The molecule has 0 aliphatic carbocycles. The second-order valence-corrected chi connectivity index (χ2v) is 3.78.